The van der Waals surface area contributed by atoms with Crippen molar-refractivity contribution < 1.29 is 62.2 Å². The van der Waals surface area contributed by atoms with Gasteiger partial charge < -0.3 is 40.0 Å². The molecule has 0 bridgehead atoms. The number of anilines is 1. The number of benzene rings is 2. The molecule has 0 aliphatic carbocycles. The Morgan fingerprint density at radius 2 is 1.58 bits per heavy atom. The maximum absolute atomic E-state index is 15.0. The Morgan fingerprint density at radius 3 is 2.12 bits per heavy atom. The van der Waals surface area contributed by atoms with Crippen molar-refractivity contribution in [1.29, 1.82) is 0 Å². The number of sulfonamides is 1. The molecule has 52 heavy (non-hydrogen) atoms. The Morgan fingerprint density at radius 1 is 0.942 bits per heavy atom. The molecule has 3 atom stereocenters. The number of aliphatic hydroxyl groups is 1. The Hall–Kier alpha value is -5.56. The van der Waals surface area contributed by atoms with Gasteiger partial charge in [0, 0.05) is 48.5 Å². The minimum atomic E-state index is -4.66. The molecule has 1 fully saturated rings. The first kappa shape index (κ1) is 40.9. The lowest BCUT2D eigenvalue weighted by atomic mass is 9.81. The van der Waals surface area contributed by atoms with Crippen LogP contribution in [0, 0.1) is 6.92 Å². The van der Waals surface area contributed by atoms with Gasteiger partial charge in [0.05, 0.1) is 33.1 Å². The molecule has 1 unspecified atom stereocenters. The minimum absolute atomic E-state index is 0.000102. The number of nitrogens with zero attached hydrogens (tertiary/aromatic N) is 3. The van der Waals surface area contributed by atoms with Crippen molar-refractivity contribution in [1.82, 2.24) is 15.2 Å². The number of hydrogen-bond acceptors (Lipinski definition) is 13. The number of carboxylic acids is 3. The van der Waals surface area contributed by atoms with Crippen LogP contribution in [0.1, 0.15) is 23.1 Å². The third kappa shape index (κ3) is 7.99. The second-order valence-electron chi connectivity index (χ2n) is 11.3. The lowest BCUT2D eigenvalue weighted by molar-refractivity contribution is -0.145. The third-order valence-electron chi connectivity index (χ3n) is 7.86. The Labute approximate surface area is 299 Å². The van der Waals surface area contributed by atoms with Crippen LogP contribution in [-0.2, 0) is 34.7 Å². The van der Waals surface area contributed by atoms with Crippen molar-refractivity contribution in [2.75, 3.05) is 46.3 Å². The molecule has 18 heteroatoms. The van der Waals surface area contributed by atoms with E-state index in [0.717, 1.165) is 0 Å². The molecule has 1 saturated heterocycles. The van der Waals surface area contributed by atoms with Crippen LogP contribution in [0.5, 0.6) is 17.4 Å². The van der Waals surface area contributed by atoms with Crippen LogP contribution >= 0.6 is 0 Å². The van der Waals surface area contributed by atoms with Gasteiger partial charge >= 0.3 is 17.9 Å². The minimum Gasteiger partial charge on any atom is -0.497 e. The molecule has 1 amide bonds. The van der Waals surface area contributed by atoms with E-state index in [4.69, 9.17) is 24.4 Å². The number of nitrogens with one attached hydrogen (secondary N) is 1. The number of β-amino-alcohol motifs (C(OH)–C–C–N with tert-alkyl or cyclic N) is 1. The maximum atomic E-state index is 15.0. The average molecular weight is 745 g/mol. The van der Waals surface area contributed by atoms with Crippen molar-refractivity contribution >= 4 is 39.5 Å². The van der Waals surface area contributed by atoms with Crippen LogP contribution in [0.3, 0.4) is 0 Å². The molecule has 3 heterocycles. The van der Waals surface area contributed by atoms with E-state index < -0.39 is 51.5 Å². The summed E-state index contributed by atoms with van der Waals surface area (Å²) in [4.78, 5) is 51.8. The van der Waals surface area contributed by atoms with Crippen molar-refractivity contribution in [2.45, 2.75) is 35.9 Å². The number of ether oxygens (including phenoxy) is 3. The number of aliphatic carboxylic acids is 3. The second-order valence-corrected chi connectivity index (χ2v) is 13.0. The lowest BCUT2D eigenvalue weighted by Crippen LogP contribution is -2.58. The van der Waals surface area contributed by atoms with Gasteiger partial charge in [-0.2, -0.15) is 0 Å². The molecule has 5 rings (SSSR count). The topological polar surface area (TPSA) is 242 Å². The molecule has 17 nitrogen and oxygen atoms in total. The number of aromatic nitrogens is 1. The van der Waals surface area contributed by atoms with Gasteiger partial charge in [-0.3, -0.25) is 14.5 Å². The highest BCUT2D eigenvalue weighted by molar-refractivity contribution is 7.93. The standard InChI is InChI=1S/C28H29N3O9S.C4H4O4.C2H7N/c1-16-7-9-21-20(12-16)28(19-6-5-11-29-25(19)40-4,30-15-17(32)13-22(30)26(33)34)27(35)31(21)41(36,37)24-10-8-18(38-2)14-23(24)39-3;5-3(6)1-2-4(7)8;1-3-2/h5-12,14,17,22,32H,13,15H2,1-4H3,(H,33,34);1-2H,(H,5,6)(H,7,8);3H,1-2H3/t17-,22+,28?;;/m1../s1. The van der Waals surface area contributed by atoms with E-state index in [2.05, 4.69) is 10.3 Å². The number of aryl methyl sites for hydroxylation is 1. The lowest BCUT2D eigenvalue weighted by Gasteiger charge is -2.40. The Bertz CT molecular complexity index is 1940. The summed E-state index contributed by atoms with van der Waals surface area (Å²) in [5.41, 5.74) is -0.968. The number of carbonyl (C=O) groups is 4. The molecule has 0 radical (unpaired) electrons. The largest absolute Gasteiger partial charge is 0.497 e. The number of methoxy groups -OCH3 is 3. The summed E-state index contributed by atoms with van der Waals surface area (Å²) in [7, 11) is 3.16. The molecule has 0 saturated carbocycles. The van der Waals surface area contributed by atoms with Crippen LogP contribution < -0.4 is 23.8 Å². The predicted molar refractivity (Wildman–Crippen MR) is 185 cm³/mol. The average Bonchev–Trinajstić information content (AvgIpc) is 3.62. The van der Waals surface area contributed by atoms with Crippen molar-refractivity contribution in [3.05, 3.63) is 83.6 Å². The van der Waals surface area contributed by atoms with Gasteiger partial charge in [-0.1, -0.05) is 17.7 Å². The zero-order chi connectivity index (χ0) is 39.0. The van der Waals surface area contributed by atoms with E-state index in [1.807, 2.05) is 14.1 Å². The van der Waals surface area contributed by atoms with E-state index in [9.17, 15) is 37.8 Å². The van der Waals surface area contributed by atoms with E-state index in [1.165, 1.54) is 56.7 Å². The fourth-order valence-electron chi connectivity index (χ4n) is 5.90. The van der Waals surface area contributed by atoms with Crippen LogP contribution in [-0.4, -0.2) is 117 Å². The summed E-state index contributed by atoms with van der Waals surface area (Å²) in [6.07, 6.45) is 1.29. The summed E-state index contributed by atoms with van der Waals surface area (Å²) >= 11 is 0. The van der Waals surface area contributed by atoms with Crippen LogP contribution in [0.4, 0.5) is 5.69 Å². The number of fused-ring (bicyclic) bond motifs is 1. The Balaban J connectivity index is 0.000000579. The van der Waals surface area contributed by atoms with Crippen molar-refractivity contribution in [3.63, 3.8) is 0 Å². The first-order valence-electron chi connectivity index (χ1n) is 15.4. The quantitative estimate of drug-likeness (QED) is 0.185. The summed E-state index contributed by atoms with van der Waals surface area (Å²) in [5, 5.41) is 39.2. The first-order chi connectivity index (χ1) is 24.6. The SMILES string of the molecule is CNC.COc1ccc(S(=O)(=O)N2C(=O)C(c3cccnc3OC)(N3C[C@H](O)C[C@H]3C(=O)O)c3cc(C)ccc32)c(OC)c1.O=C(O)C=CC(=O)O. The van der Waals surface area contributed by atoms with Gasteiger partial charge in [-0.25, -0.2) is 27.3 Å². The predicted octanol–water partition coefficient (Wildman–Crippen LogP) is 1.46. The van der Waals surface area contributed by atoms with Crippen molar-refractivity contribution in [3.8, 4) is 17.4 Å². The molecule has 5 N–H and O–H groups in total. The zero-order valence-electron chi connectivity index (χ0n) is 29.1. The fraction of sp³-hybridized carbons (Fsp3) is 0.324. The number of amides is 1. The number of hydrogen-bond donors (Lipinski definition) is 5. The van der Waals surface area contributed by atoms with E-state index in [1.54, 1.807) is 31.2 Å². The van der Waals surface area contributed by atoms with Gasteiger partial charge in [0.1, 0.15) is 22.4 Å². The van der Waals surface area contributed by atoms with Gasteiger partial charge in [0.25, 0.3) is 15.9 Å². The normalized spacial score (nSPS) is 19.5. The second kappa shape index (κ2) is 17.1. The summed E-state index contributed by atoms with van der Waals surface area (Å²) in [5.74, 6) is -4.47. The molecule has 2 aliphatic rings. The molecular formula is C34H40N4O13S. The monoisotopic (exact) mass is 744 g/mol. The maximum Gasteiger partial charge on any atom is 0.328 e. The summed E-state index contributed by atoms with van der Waals surface area (Å²) < 4.78 is 45.5. The van der Waals surface area contributed by atoms with E-state index in [-0.39, 0.29) is 46.3 Å². The highest BCUT2D eigenvalue weighted by atomic mass is 32.2. The number of pyridine rings is 1. The van der Waals surface area contributed by atoms with Crippen LogP contribution in [0.2, 0.25) is 0 Å². The van der Waals surface area contributed by atoms with E-state index in [0.29, 0.717) is 27.8 Å². The number of carbonyl (C=O) groups excluding carboxylic acids is 1. The number of carboxylic acid groups (broad SMARTS) is 3. The zero-order valence-corrected chi connectivity index (χ0v) is 29.9. The number of rotatable bonds is 10. The molecule has 0 spiro atoms. The molecule has 1 aromatic heterocycles. The van der Waals surface area contributed by atoms with Gasteiger partial charge in [-0.05, 0) is 51.4 Å². The third-order valence-corrected chi connectivity index (χ3v) is 9.60. The smallest absolute Gasteiger partial charge is 0.328 e. The van der Waals surface area contributed by atoms with Crippen LogP contribution in [0.15, 0.2) is 71.8 Å². The van der Waals surface area contributed by atoms with Crippen LogP contribution in [0.25, 0.3) is 0 Å². The van der Waals surface area contributed by atoms with Gasteiger partial charge in [0.2, 0.25) is 5.88 Å². The summed E-state index contributed by atoms with van der Waals surface area (Å²) in [6.45, 7) is 1.54. The molecule has 2 aromatic carbocycles. The molecule has 280 valence electrons. The highest BCUT2D eigenvalue weighted by Gasteiger charge is 2.64. The van der Waals surface area contributed by atoms with Gasteiger partial charge in [-0.15, -0.1) is 0 Å². The number of aliphatic hydroxyl groups excluding tert-OH is 1. The Kier molecular flexibility index (Phi) is 13.4. The molecule has 2 aliphatic heterocycles. The molecular weight excluding hydrogens is 704 g/mol. The fourth-order valence-corrected chi connectivity index (χ4v) is 7.50. The molecule has 3 aromatic rings. The summed E-state index contributed by atoms with van der Waals surface area (Å²) in [6, 6.07) is 10.7. The van der Waals surface area contributed by atoms with Crippen molar-refractivity contribution in [2.24, 2.45) is 0 Å². The van der Waals surface area contributed by atoms with Gasteiger partial charge in [0.15, 0.2) is 5.54 Å². The number of likely N-dealkylation sites (tertiary alicyclic amines) is 1. The first-order valence-corrected chi connectivity index (χ1v) is 16.8. The highest BCUT2D eigenvalue weighted by Crippen LogP contribution is 2.54. The van der Waals surface area contributed by atoms with E-state index >= 15 is 0 Å².